The lowest BCUT2D eigenvalue weighted by atomic mass is 10.0. The summed E-state index contributed by atoms with van der Waals surface area (Å²) in [6.07, 6.45) is 5.24. The first-order chi connectivity index (χ1) is 18.0. The van der Waals surface area contributed by atoms with Crippen LogP contribution in [0.4, 0.5) is 0 Å². The lowest BCUT2D eigenvalue weighted by Gasteiger charge is -2.17. The summed E-state index contributed by atoms with van der Waals surface area (Å²) in [4.78, 5) is 42.9. The Kier molecular flexibility index (Phi) is 6.94. The number of pyridine rings is 1. The highest BCUT2D eigenvalue weighted by Crippen LogP contribution is 2.37. The van der Waals surface area contributed by atoms with Gasteiger partial charge in [-0.25, -0.2) is 9.78 Å². The van der Waals surface area contributed by atoms with E-state index in [1.54, 1.807) is 6.26 Å². The number of aromatic nitrogens is 1. The van der Waals surface area contributed by atoms with Gasteiger partial charge in [0.15, 0.2) is 12.4 Å². The van der Waals surface area contributed by atoms with Gasteiger partial charge in [-0.05, 0) is 67.2 Å². The first-order valence-corrected chi connectivity index (χ1v) is 12.2. The summed E-state index contributed by atoms with van der Waals surface area (Å²) in [5, 5.41) is 3.37. The fourth-order valence-corrected chi connectivity index (χ4v) is 4.64. The molecule has 1 aliphatic carbocycles. The summed E-state index contributed by atoms with van der Waals surface area (Å²) >= 11 is 0. The molecule has 0 saturated carbocycles. The zero-order valence-electron chi connectivity index (χ0n) is 20.4. The van der Waals surface area contributed by atoms with Crippen LogP contribution >= 0.6 is 0 Å². The number of amides is 1. The van der Waals surface area contributed by atoms with E-state index in [1.807, 2.05) is 72.8 Å². The summed E-state index contributed by atoms with van der Waals surface area (Å²) in [5.74, 6) is -0.573. The predicted octanol–water partition coefficient (Wildman–Crippen LogP) is 4.79. The van der Waals surface area contributed by atoms with Crippen molar-refractivity contribution < 1.29 is 23.5 Å². The number of para-hydroxylation sites is 1. The van der Waals surface area contributed by atoms with Gasteiger partial charge in [-0.15, -0.1) is 0 Å². The van der Waals surface area contributed by atoms with Gasteiger partial charge in [0.25, 0.3) is 5.91 Å². The molecule has 0 bridgehead atoms. The number of nitrogens with one attached hydrogen (secondary N) is 1. The van der Waals surface area contributed by atoms with Crippen LogP contribution in [-0.2, 0) is 27.2 Å². The molecule has 4 aromatic rings. The topological polar surface area (TPSA) is 98.5 Å². The van der Waals surface area contributed by atoms with E-state index in [1.165, 1.54) is 6.92 Å². The number of rotatable bonds is 8. The number of ketones is 1. The Hall–Kier alpha value is -4.52. The van der Waals surface area contributed by atoms with Gasteiger partial charge in [0, 0.05) is 5.39 Å². The summed E-state index contributed by atoms with van der Waals surface area (Å²) in [6.45, 7) is 0.943. The van der Waals surface area contributed by atoms with Crippen molar-refractivity contribution in [3.8, 4) is 0 Å². The number of benzene rings is 2. The zero-order chi connectivity index (χ0) is 25.8. The van der Waals surface area contributed by atoms with E-state index in [-0.39, 0.29) is 5.78 Å². The third kappa shape index (κ3) is 5.35. The maximum absolute atomic E-state index is 13.3. The van der Waals surface area contributed by atoms with E-state index < -0.39 is 24.5 Å². The number of fused-ring (bicyclic) bond motifs is 2. The van der Waals surface area contributed by atoms with Crippen molar-refractivity contribution in [1.29, 1.82) is 0 Å². The average molecular weight is 495 g/mol. The van der Waals surface area contributed by atoms with Crippen LogP contribution in [0.2, 0.25) is 0 Å². The highest BCUT2D eigenvalue weighted by Gasteiger charge is 2.28. The van der Waals surface area contributed by atoms with E-state index in [4.69, 9.17) is 14.1 Å². The van der Waals surface area contributed by atoms with Gasteiger partial charge in [0.05, 0.1) is 29.1 Å². The first-order valence-electron chi connectivity index (χ1n) is 12.2. The molecule has 5 rings (SSSR count). The van der Waals surface area contributed by atoms with Crippen molar-refractivity contribution in [1.82, 2.24) is 10.3 Å². The number of esters is 1. The molecule has 0 saturated heterocycles. The lowest BCUT2D eigenvalue weighted by molar-refractivity contribution is -0.128. The molecule has 2 aromatic carbocycles. The van der Waals surface area contributed by atoms with E-state index >= 15 is 0 Å². The van der Waals surface area contributed by atoms with Crippen LogP contribution in [0.25, 0.3) is 22.6 Å². The molecule has 1 atom stereocenters. The van der Waals surface area contributed by atoms with Crippen molar-refractivity contribution in [3.63, 3.8) is 0 Å². The van der Waals surface area contributed by atoms with Crippen LogP contribution in [0.15, 0.2) is 77.4 Å². The Balaban J connectivity index is 1.35. The Morgan fingerprint density at radius 2 is 1.81 bits per heavy atom. The number of carbonyl (C=O) groups is 3. The Labute approximate surface area is 214 Å². The van der Waals surface area contributed by atoms with Crippen molar-refractivity contribution in [3.05, 3.63) is 101 Å². The second-order valence-electron chi connectivity index (χ2n) is 9.01. The highest BCUT2D eigenvalue weighted by molar-refractivity contribution is 6.07. The van der Waals surface area contributed by atoms with Gasteiger partial charge < -0.3 is 14.5 Å². The van der Waals surface area contributed by atoms with Gasteiger partial charge in [0.2, 0.25) is 0 Å². The number of hydrogen-bond donors (Lipinski definition) is 1. The van der Waals surface area contributed by atoms with Gasteiger partial charge in [-0.3, -0.25) is 9.59 Å². The van der Waals surface area contributed by atoms with Crippen LogP contribution in [0.5, 0.6) is 0 Å². The standard InChI is InChI=1S/C30H26N2O5/c1-19(33)26(16-20-8-3-2-4-9-20)31-27(34)18-37-30(35)28-23-11-5-6-12-25(23)32-29-21(13-14-24(28)29)17-22-10-7-15-36-22/h2-12,15,17,26H,13-14,16,18H2,1H3,(H,31,34). The van der Waals surface area contributed by atoms with Gasteiger partial charge in [-0.2, -0.15) is 0 Å². The number of ether oxygens (including phenoxy) is 1. The lowest BCUT2D eigenvalue weighted by Crippen LogP contribution is -2.43. The fraction of sp³-hybridized carbons (Fsp3) is 0.200. The summed E-state index contributed by atoms with van der Waals surface area (Å²) in [5.41, 5.74) is 4.54. The molecule has 0 spiro atoms. The average Bonchev–Trinajstić information content (AvgIpc) is 3.56. The first kappa shape index (κ1) is 24.2. The maximum atomic E-state index is 13.3. The molecule has 2 heterocycles. The Morgan fingerprint density at radius 3 is 2.57 bits per heavy atom. The van der Waals surface area contributed by atoms with Crippen molar-refractivity contribution in [2.24, 2.45) is 0 Å². The quantitative estimate of drug-likeness (QED) is 0.354. The summed E-state index contributed by atoms with van der Waals surface area (Å²) in [6, 6.07) is 19.8. The minimum atomic E-state index is -0.700. The fourth-order valence-electron chi connectivity index (χ4n) is 4.64. The second kappa shape index (κ2) is 10.6. The highest BCUT2D eigenvalue weighted by atomic mass is 16.5. The third-order valence-corrected chi connectivity index (χ3v) is 6.45. The van der Waals surface area contributed by atoms with Crippen LogP contribution in [0.3, 0.4) is 0 Å². The van der Waals surface area contributed by atoms with Gasteiger partial charge in [0.1, 0.15) is 5.76 Å². The van der Waals surface area contributed by atoms with Crippen LogP contribution < -0.4 is 5.32 Å². The van der Waals surface area contributed by atoms with E-state index in [0.29, 0.717) is 41.5 Å². The van der Waals surface area contributed by atoms with Crippen LogP contribution in [0.1, 0.15) is 46.3 Å². The molecule has 186 valence electrons. The molecule has 37 heavy (non-hydrogen) atoms. The van der Waals surface area contributed by atoms with E-state index in [9.17, 15) is 14.4 Å². The van der Waals surface area contributed by atoms with Crippen LogP contribution in [-0.4, -0.2) is 35.3 Å². The number of hydrogen-bond acceptors (Lipinski definition) is 6. The monoisotopic (exact) mass is 494 g/mol. The minimum Gasteiger partial charge on any atom is -0.465 e. The summed E-state index contributed by atoms with van der Waals surface area (Å²) < 4.78 is 10.9. The molecule has 7 heteroatoms. The third-order valence-electron chi connectivity index (χ3n) is 6.45. The van der Waals surface area contributed by atoms with Crippen molar-refractivity contribution >= 4 is 40.2 Å². The molecule has 2 aromatic heterocycles. The normalized spacial score (nSPS) is 14.4. The molecule has 0 fully saturated rings. The van der Waals surface area contributed by atoms with Gasteiger partial charge in [-0.1, -0.05) is 48.5 Å². The SMILES string of the molecule is CC(=O)C(Cc1ccccc1)NC(=O)COC(=O)c1c2c(nc3ccccc13)C(=Cc1ccco1)CC2. The van der Waals surface area contributed by atoms with Gasteiger partial charge >= 0.3 is 5.97 Å². The smallest absolute Gasteiger partial charge is 0.339 e. The molecular formula is C30H26N2O5. The minimum absolute atomic E-state index is 0.169. The Bertz CT molecular complexity index is 1490. The van der Waals surface area contributed by atoms with Crippen molar-refractivity contribution in [2.75, 3.05) is 6.61 Å². The van der Waals surface area contributed by atoms with E-state index in [0.717, 1.165) is 22.4 Å². The van der Waals surface area contributed by atoms with Crippen LogP contribution in [0, 0.1) is 0 Å². The molecule has 7 nitrogen and oxygen atoms in total. The predicted molar refractivity (Wildman–Crippen MR) is 140 cm³/mol. The molecule has 1 unspecified atom stereocenters. The van der Waals surface area contributed by atoms with Crippen molar-refractivity contribution in [2.45, 2.75) is 32.2 Å². The molecule has 1 amide bonds. The molecule has 0 radical (unpaired) electrons. The number of Topliss-reactive ketones (excluding diaryl/α,β-unsaturated/α-hetero) is 1. The zero-order valence-corrected chi connectivity index (χ0v) is 20.4. The molecule has 1 N–H and O–H groups in total. The van der Waals surface area contributed by atoms with E-state index in [2.05, 4.69) is 5.32 Å². The largest absolute Gasteiger partial charge is 0.465 e. The second-order valence-corrected chi connectivity index (χ2v) is 9.01. The molecule has 1 aliphatic rings. The number of allylic oxidation sites excluding steroid dienone is 1. The number of nitrogens with zero attached hydrogens (tertiary/aromatic N) is 1. The number of carbonyl (C=O) groups excluding carboxylic acids is 3. The maximum Gasteiger partial charge on any atom is 0.339 e. The molecular weight excluding hydrogens is 468 g/mol. The Morgan fingerprint density at radius 1 is 1.03 bits per heavy atom. The summed E-state index contributed by atoms with van der Waals surface area (Å²) in [7, 11) is 0. The number of furan rings is 1. The molecule has 0 aliphatic heterocycles.